The van der Waals surface area contributed by atoms with E-state index in [1.807, 2.05) is 0 Å². The third-order valence-corrected chi connectivity index (χ3v) is 5.44. The summed E-state index contributed by atoms with van der Waals surface area (Å²) in [5.41, 5.74) is 1.41. The fourth-order valence-corrected chi connectivity index (χ4v) is 4.05. The second kappa shape index (κ2) is 7.29. The van der Waals surface area contributed by atoms with Gasteiger partial charge in [0.05, 0.1) is 27.2 Å². The van der Waals surface area contributed by atoms with Gasteiger partial charge in [0.15, 0.2) is 28.8 Å². The van der Waals surface area contributed by atoms with Crippen molar-refractivity contribution >= 4 is 11.8 Å². The molecule has 0 saturated heterocycles. The number of hydrogen-bond acceptors (Lipinski definition) is 7. The largest absolute Gasteiger partial charge is 0.493 e. The van der Waals surface area contributed by atoms with Crippen LogP contribution < -0.4 is 23.7 Å². The van der Waals surface area contributed by atoms with E-state index in [0.29, 0.717) is 45.4 Å². The molecule has 8 heteroatoms. The summed E-state index contributed by atoms with van der Waals surface area (Å²) < 4.78 is 27.1. The summed E-state index contributed by atoms with van der Waals surface area (Å²) in [5, 5.41) is 9.97. The summed E-state index contributed by atoms with van der Waals surface area (Å²) in [7, 11) is 4.44. The number of hydrogen-bond donors (Lipinski definition) is 1. The second-order valence-electron chi connectivity index (χ2n) is 6.90. The zero-order valence-corrected chi connectivity index (χ0v) is 16.7. The Labute approximate surface area is 172 Å². The van der Waals surface area contributed by atoms with Crippen LogP contribution in [0.15, 0.2) is 36.4 Å². The summed E-state index contributed by atoms with van der Waals surface area (Å²) in [6.07, 6.45) is 0. The number of ether oxygens (including phenoxy) is 5. The van der Waals surface area contributed by atoms with Crippen LogP contribution in [0.25, 0.3) is 0 Å². The smallest absolute Gasteiger partial charge is 0.312 e. The topological polar surface area (TPSA) is 101 Å². The first-order valence-electron chi connectivity index (χ1n) is 9.11. The van der Waals surface area contributed by atoms with Crippen LogP contribution in [0.2, 0.25) is 0 Å². The summed E-state index contributed by atoms with van der Waals surface area (Å²) >= 11 is 0. The van der Waals surface area contributed by atoms with E-state index in [4.69, 9.17) is 23.7 Å². The predicted molar refractivity (Wildman–Crippen MR) is 105 cm³/mol. The van der Waals surface area contributed by atoms with Gasteiger partial charge in [-0.1, -0.05) is 6.58 Å². The van der Waals surface area contributed by atoms with E-state index in [1.165, 1.54) is 21.3 Å². The molecule has 2 aromatic rings. The zero-order valence-electron chi connectivity index (χ0n) is 16.7. The van der Waals surface area contributed by atoms with Gasteiger partial charge in [-0.2, -0.15) is 0 Å². The van der Waals surface area contributed by atoms with E-state index < -0.39 is 23.6 Å². The van der Waals surface area contributed by atoms with Gasteiger partial charge < -0.3 is 28.8 Å². The minimum Gasteiger partial charge on any atom is -0.493 e. The highest BCUT2D eigenvalue weighted by molar-refractivity contribution is 6.14. The van der Waals surface area contributed by atoms with Crippen LogP contribution in [-0.4, -0.2) is 45.0 Å². The Morgan fingerprint density at radius 1 is 1.03 bits per heavy atom. The van der Waals surface area contributed by atoms with Gasteiger partial charge in [0.25, 0.3) is 0 Å². The van der Waals surface area contributed by atoms with E-state index in [1.54, 1.807) is 24.3 Å². The zero-order chi connectivity index (χ0) is 21.6. The van der Waals surface area contributed by atoms with E-state index >= 15 is 0 Å². The third kappa shape index (κ3) is 2.83. The Kier molecular flexibility index (Phi) is 4.77. The van der Waals surface area contributed by atoms with Crippen LogP contribution >= 0.6 is 0 Å². The molecular weight excluding hydrogens is 392 g/mol. The molecule has 2 atom stereocenters. The molecule has 0 saturated carbocycles. The number of methoxy groups -OCH3 is 3. The number of ketones is 1. The molecule has 0 bridgehead atoms. The van der Waals surface area contributed by atoms with Crippen LogP contribution in [0.4, 0.5) is 0 Å². The molecule has 1 heterocycles. The highest BCUT2D eigenvalue weighted by atomic mass is 16.7. The maximum atomic E-state index is 12.9. The van der Waals surface area contributed by atoms with Crippen LogP contribution in [-0.2, 0) is 4.79 Å². The van der Waals surface area contributed by atoms with Crippen molar-refractivity contribution < 1.29 is 38.4 Å². The van der Waals surface area contributed by atoms with E-state index in [0.717, 1.165) is 0 Å². The molecule has 1 N–H and O–H groups in total. The first-order chi connectivity index (χ1) is 14.4. The number of Topliss-reactive ketones (excluding diaryl/α,β-unsaturated/α-hetero) is 1. The van der Waals surface area contributed by atoms with Crippen molar-refractivity contribution in [3.63, 3.8) is 0 Å². The van der Waals surface area contributed by atoms with Crippen molar-refractivity contribution in [3.05, 3.63) is 53.1 Å². The van der Waals surface area contributed by atoms with Gasteiger partial charge in [-0.05, 0) is 35.4 Å². The summed E-state index contributed by atoms with van der Waals surface area (Å²) in [5.74, 6) is -1.47. The van der Waals surface area contributed by atoms with Gasteiger partial charge in [-0.3, -0.25) is 9.59 Å². The second-order valence-corrected chi connectivity index (χ2v) is 6.90. The Morgan fingerprint density at radius 3 is 2.17 bits per heavy atom. The maximum Gasteiger partial charge on any atom is 0.312 e. The fourth-order valence-electron chi connectivity index (χ4n) is 4.05. The highest BCUT2D eigenvalue weighted by Crippen LogP contribution is 2.50. The lowest BCUT2D eigenvalue weighted by atomic mass is 9.69. The van der Waals surface area contributed by atoms with Crippen molar-refractivity contribution in [2.75, 3.05) is 28.1 Å². The first kappa shape index (κ1) is 19.6. The highest BCUT2D eigenvalue weighted by Gasteiger charge is 2.44. The number of carboxylic acid groups (broad SMARTS) is 1. The lowest BCUT2D eigenvalue weighted by Crippen LogP contribution is -2.33. The molecule has 4 rings (SSSR count). The molecule has 30 heavy (non-hydrogen) atoms. The van der Waals surface area contributed by atoms with Crippen molar-refractivity contribution in [2.45, 2.75) is 5.92 Å². The summed E-state index contributed by atoms with van der Waals surface area (Å²) in [6.45, 7) is 3.83. The standard InChI is InChI=1S/C22H20O8/c1-10-18(22(24)25)19(11-5-16(26-2)21(28-4)17(6-11)27-3)12-7-14-15(30-9-29-14)8-13(12)20(10)23/h5-8,18-19H,1,9H2,2-4H3,(H,24,25). The fraction of sp³-hybridized carbons (Fsp3) is 0.273. The van der Waals surface area contributed by atoms with Gasteiger partial charge >= 0.3 is 5.97 Å². The third-order valence-electron chi connectivity index (χ3n) is 5.44. The molecular formula is C22H20O8. The SMILES string of the molecule is C=C1C(=O)c2cc3c(cc2C(c2cc(OC)c(OC)c(OC)c2)C1C(=O)O)OCO3. The number of fused-ring (bicyclic) bond motifs is 2. The summed E-state index contributed by atoms with van der Waals surface area (Å²) in [6, 6.07) is 6.60. The molecule has 0 spiro atoms. The van der Waals surface area contributed by atoms with Crippen molar-refractivity contribution in [1.82, 2.24) is 0 Å². The molecule has 0 fully saturated rings. The first-order valence-corrected chi connectivity index (χ1v) is 9.11. The lowest BCUT2D eigenvalue weighted by molar-refractivity contribution is -0.140. The van der Waals surface area contributed by atoms with Crippen molar-refractivity contribution in [1.29, 1.82) is 0 Å². The Hall–Kier alpha value is -3.68. The summed E-state index contributed by atoms with van der Waals surface area (Å²) in [4.78, 5) is 25.1. The average Bonchev–Trinajstić information content (AvgIpc) is 3.21. The average molecular weight is 412 g/mol. The molecule has 0 amide bonds. The van der Waals surface area contributed by atoms with Gasteiger partial charge in [0.2, 0.25) is 12.5 Å². The number of aliphatic carboxylic acids is 1. The minimum atomic E-state index is -1.17. The molecule has 1 aliphatic carbocycles. The Morgan fingerprint density at radius 2 is 1.63 bits per heavy atom. The Balaban J connectivity index is 2.00. The molecule has 2 unspecified atom stereocenters. The van der Waals surface area contributed by atoms with Gasteiger partial charge in [-0.25, -0.2) is 0 Å². The van der Waals surface area contributed by atoms with Gasteiger partial charge in [0.1, 0.15) is 0 Å². The van der Waals surface area contributed by atoms with Crippen LogP contribution in [0.3, 0.4) is 0 Å². The number of carbonyl (C=O) groups excluding carboxylic acids is 1. The molecule has 2 aliphatic rings. The monoisotopic (exact) mass is 412 g/mol. The predicted octanol–water partition coefficient (Wildman–Crippen LogP) is 3.03. The molecule has 8 nitrogen and oxygen atoms in total. The van der Waals surface area contributed by atoms with E-state index in [9.17, 15) is 14.7 Å². The van der Waals surface area contributed by atoms with Gasteiger partial charge in [0, 0.05) is 17.1 Å². The van der Waals surface area contributed by atoms with Crippen LogP contribution in [0.1, 0.15) is 27.4 Å². The van der Waals surface area contributed by atoms with Crippen molar-refractivity contribution in [2.24, 2.45) is 5.92 Å². The Bertz CT molecular complexity index is 1050. The number of carboxylic acids is 1. The van der Waals surface area contributed by atoms with Crippen LogP contribution in [0.5, 0.6) is 28.7 Å². The number of rotatable bonds is 5. The van der Waals surface area contributed by atoms with Crippen molar-refractivity contribution in [3.8, 4) is 28.7 Å². The number of benzene rings is 2. The molecule has 1 aliphatic heterocycles. The molecule has 156 valence electrons. The molecule has 0 radical (unpaired) electrons. The maximum absolute atomic E-state index is 12.9. The molecule has 2 aromatic carbocycles. The lowest BCUT2D eigenvalue weighted by Gasteiger charge is -2.33. The van der Waals surface area contributed by atoms with Gasteiger partial charge in [-0.15, -0.1) is 0 Å². The number of carbonyl (C=O) groups is 2. The van der Waals surface area contributed by atoms with E-state index in [-0.39, 0.29) is 12.4 Å². The minimum absolute atomic E-state index is 0.00684. The molecule has 0 aromatic heterocycles. The quantitative estimate of drug-likeness (QED) is 0.748. The normalized spacial score (nSPS) is 19.3. The van der Waals surface area contributed by atoms with E-state index in [2.05, 4.69) is 6.58 Å². The van der Waals surface area contributed by atoms with Crippen LogP contribution in [0, 0.1) is 5.92 Å².